The van der Waals surface area contributed by atoms with E-state index in [4.69, 9.17) is 15.0 Å². The van der Waals surface area contributed by atoms with Gasteiger partial charge in [-0.3, -0.25) is 0 Å². The third kappa shape index (κ3) is 4.27. The Balaban J connectivity index is 2.02. The lowest BCUT2D eigenvalue weighted by Gasteiger charge is -2.27. The smallest absolute Gasteiger partial charge is 0.228 e. The zero-order valence-electron chi connectivity index (χ0n) is 13.8. The van der Waals surface area contributed by atoms with Crippen LogP contribution in [0.2, 0.25) is 0 Å². The van der Waals surface area contributed by atoms with Gasteiger partial charge in [0.2, 0.25) is 11.7 Å². The summed E-state index contributed by atoms with van der Waals surface area (Å²) >= 11 is 0. The molecule has 120 valence electrons. The Morgan fingerprint density at radius 1 is 1.33 bits per heavy atom. The highest BCUT2D eigenvalue weighted by atomic mass is 16.5. The topological polar surface area (TPSA) is 74.2 Å². The first-order chi connectivity index (χ1) is 9.91. The van der Waals surface area contributed by atoms with Crippen LogP contribution in [0.1, 0.15) is 71.2 Å². The average Bonchev–Trinajstić information content (AvgIpc) is 3.05. The van der Waals surface area contributed by atoms with Gasteiger partial charge < -0.3 is 15.0 Å². The Morgan fingerprint density at radius 2 is 2.00 bits per heavy atom. The number of aromatic nitrogens is 2. The Hall–Kier alpha value is -0.940. The van der Waals surface area contributed by atoms with Crippen molar-refractivity contribution in [2.45, 2.75) is 71.9 Å². The van der Waals surface area contributed by atoms with E-state index in [-0.39, 0.29) is 17.6 Å². The molecule has 1 heterocycles. The fraction of sp³-hybridized carbons (Fsp3) is 0.875. The molecule has 21 heavy (non-hydrogen) atoms. The van der Waals surface area contributed by atoms with Crippen molar-refractivity contribution in [1.29, 1.82) is 0 Å². The zero-order chi connectivity index (χ0) is 15.5. The summed E-state index contributed by atoms with van der Waals surface area (Å²) in [4.78, 5) is 4.52. The highest BCUT2D eigenvalue weighted by Gasteiger charge is 2.32. The van der Waals surface area contributed by atoms with Crippen molar-refractivity contribution in [3.05, 3.63) is 11.7 Å². The van der Waals surface area contributed by atoms with Gasteiger partial charge in [-0.15, -0.1) is 0 Å². The first-order valence-corrected chi connectivity index (χ1v) is 8.11. The van der Waals surface area contributed by atoms with Crippen molar-refractivity contribution in [3.8, 4) is 0 Å². The molecule has 2 N–H and O–H groups in total. The summed E-state index contributed by atoms with van der Waals surface area (Å²) in [7, 11) is 0. The summed E-state index contributed by atoms with van der Waals surface area (Å²) in [6.07, 6.45) is 5.56. The molecule has 2 unspecified atom stereocenters. The normalized spacial score (nSPS) is 19.9. The molecule has 5 nitrogen and oxygen atoms in total. The predicted octanol–water partition coefficient (Wildman–Crippen LogP) is 3.25. The minimum absolute atomic E-state index is 0.0648. The predicted molar refractivity (Wildman–Crippen MR) is 81.8 cm³/mol. The fourth-order valence-electron chi connectivity index (χ4n) is 3.09. The lowest BCUT2D eigenvalue weighted by atomic mass is 9.88. The van der Waals surface area contributed by atoms with E-state index in [0.717, 1.165) is 0 Å². The van der Waals surface area contributed by atoms with E-state index in [1.165, 1.54) is 25.7 Å². The van der Waals surface area contributed by atoms with Crippen LogP contribution < -0.4 is 5.73 Å². The standard InChI is InChI=1S/C16H29N3O2/c1-5-20-14(16(2,3)4)15-18-13(21-19-15)10-12(17)11-8-6-7-9-11/h11-12,14H,5-10,17H2,1-4H3. The van der Waals surface area contributed by atoms with Gasteiger partial charge in [0.1, 0.15) is 6.10 Å². The van der Waals surface area contributed by atoms with Gasteiger partial charge in [0.15, 0.2) is 0 Å². The minimum atomic E-state index is -0.150. The second-order valence-electron chi connectivity index (χ2n) is 7.16. The van der Waals surface area contributed by atoms with Crippen molar-refractivity contribution in [2.24, 2.45) is 17.1 Å². The average molecular weight is 295 g/mol. The van der Waals surface area contributed by atoms with Crippen LogP contribution in [0.3, 0.4) is 0 Å². The number of rotatable bonds is 6. The fourth-order valence-corrected chi connectivity index (χ4v) is 3.09. The van der Waals surface area contributed by atoms with E-state index in [2.05, 4.69) is 30.9 Å². The molecule has 0 aromatic carbocycles. The SMILES string of the molecule is CCOC(c1noc(CC(N)C2CCCC2)n1)C(C)(C)C. The molecule has 0 amide bonds. The number of ether oxygens (including phenoxy) is 1. The number of nitrogens with zero attached hydrogens (tertiary/aromatic N) is 2. The van der Waals surface area contributed by atoms with E-state index < -0.39 is 0 Å². The lowest BCUT2D eigenvalue weighted by molar-refractivity contribution is -0.0203. The van der Waals surface area contributed by atoms with Crippen LogP contribution in [0.5, 0.6) is 0 Å². The molecule has 1 aromatic rings. The molecule has 1 aliphatic carbocycles. The first kappa shape index (κ1) is 16.4. The van der Waals surface area contributed by atoms with Crippen molar-refractivity contribution in [3.63, 3.8) is 0 Å². The van der Waals surface area contributed by atoms with Crippen LogP contribution in [-0.4, -0.2) is 22.8 Å². The molecule has 0 saturated heterocycles. The zero-order valence-corrected chi connectivity index (χ0v) is 13.8. The van der Waals surface area contributed by atoms with Gasteiger partial charge >= 0.3 is 0 Å². The summed E-state index contributed by atoms with van der Waals surface area (Å²) in [5, 5.41) is 4.11. The van der Waals surface area contributed by atoms with Gasteiger partial charge in [0.25, 0.3) is 0 Å². The number of hydrogen-bond donors (Lipinski definition) is 1. The van der Waals surface area contributed by atoms with Gasteiger partial charge in [-0.25, -0.2) is 0 Å². The molecule has 2 atom stereocenters. The molecule has 5 heteroatoms. The van der Waals surface area contributed by atoms with E-state index in [9.17, 15) is 0 Å². The number of nitrogens with two attached hydrogens (primary N) is 1. The number of hydrogen-bond acceptors (Lipinski definition) is 5. The third-order valence-corrected chi connectivity index (χ3v) is 4.25. The summed E-state index contributed by atoms with van der Waals surface area (Å²) in [5.41, 5.74) is 6.22. The van der Waals surface area contributed by atoms with Crippen molar-refractivity contribution >= 4 is 0 Å². The molecule has 0 bridgehead atoms. The maximum Gasteiger partial charge on any atom is 0.228 e. The molecule has 2 rings (SSSR count). The monoisotopic (exact) mass is 295 g/mol. The molecule has 1 saturated carbocycles. The van der Waals surface area contributed by atoms with Gasteiger partial charge in [-0.2, -0.15) is 4.98 Å². The molecule has 0 spiro atoms. The largest absolute Gasteiger partial charge is 0.370 e. The molecular weight excluding hydrogens is 266 g/mol. The highest BCUT2D eigenvalue weighted by molar-refractivity contribution is 4.98. The van der Waals surface area contributed by atoms with Crippen LogP contribution in [0.4, 0.5) is 0 Å². The Labute approximate surface area is 127 Å². The van der Waals surface area contributed by atoms with Crippen LogP contribution in [0.25, 0.3) is 0 Å². The summed E-state index contributed by atoms with van der Waals surface area (Å²) < 4.78 is 11.2. The maximum absolute atomic E-state index is 6.28. The van der Waals surface area contributed by atoms with Gasteiger partial charge in [-0.05, 0) is 31.1 Å². The maximum atomic E-state index is 6.28. The molecule has 0 radical (unpaired) electrons. The Bertz CT molecular complexity index is 433. The van der Waals surface area contributed by atoms with Crippen LogP contribution in [0, 0.1) is 11.3 Å². The van der Waals surface area contributed by atoms with Crippen LogP contribution in [0.15, 0.2) is 4.52 Å². The highest BCUT2D eigenvalue weighted by Crippen LogP contribution is 2.34. The van der Waals surface area contributed by atoms with Gasteiger partial charge in [0, 0.05) is 19.1 Å². The molecule has 0 aliphatic heterocycles. The third-order valence-electron chi connectivity index (χ3n) is 4.25. The van der Waals surface area contributed by atoms with E-state index in [1.807, 2.05) is 6.92 Å². The van der Waals surface area contributed by atoms with E-state index in [1.54, 1.807) is 0 Å². The van der Waals surface area contributed by atoms with Crippen molar-refractivity contribution in [2.75, 3.05) is 6.61 Å². The van der Waals surface area contributed by atoms with E-state index >= 15 is 0 Å². The van der Waals surface area contributed by atoms with Gasteiger partial charge in [-0.1, -0.05) is 38.8 Å². The lowest BCUT2D eigenvalue weighted by Crippen LogP contribution is -2.30. The summed E-state index contributed by atoms with van der Waals surface area (Å²) in [6, 6.07) is 0.126. The first-order valence-electron chi connectivity index (χ1n) is 8.11. The second-order valence-corrected chi connectivity index (χ2v) is 7.16. The molecule has 1 aromatic heterocycles. The second kappa shape index (κ2) is 6.88. The summed E-state index contributed by atoms with van der Waals surface area (Å²) in [6.45, 7) is 8.97. The summed E-state index contributed by atoms with van der Waals surface area (Å²) in [5.74, 6) is 1.88. The minimum Gasteiger partial charge on any atom is -0.370 e. The van der Waals surface area contributed by atoms with Crippen LogP contribution in [-0.2, 0) is 11.2 Å². The van der Waals surface area contributed by atoms with Crippen molar-refractivity contribution < 1.29 is 9.26 Å². The van der Waals surface area contributed by atoms with Gasteiger partial charge in [0.05, 0.1) is 0 Å². The van der Waals surface area contributed by atoms with Crippen LogP contribution >= 0.6 is 0 Å². The Kier molecular flexibility index (Phi) is 5.38. The molecular formula is C16H29N3O2. The molecule has 1 fully saturated rings. The molecule has 1 aliphatic rings. The van der Waals surface area contributed by atoms with E-state index in [0.29, 0.717) is 30.7 Å². The van der Waals surface area contributed by atoms with Crippen molar-refractivity contribution in [1.82, 2.24) is 10.1 Å². The quantitative estimate of drug-likeness (QED) is 0.872. The Morgan fingerprint density at radius 3 is 2.57 bits per heavy atom.